The Morgan fingerprint density at radius 2 is 2.20 bits per heavy atom. The second-order valence-corrected chi connectivity index (χ2v) is 7.73. The number of amides is 1. The van der Waals surface area contributed by atoms with E-state index in [9.17, 15) is 9.18 Å². The van der Waals surface area contributed by atoms with E-state index in [0.717, 1.165) is 36.0 Å². The molecule has 0 saturated carbocycles. The standard InChI is InChI=1S/C17H22FN3O2S2/c1-2-16(24)19-10-13-11-21(17(22)23-13)12-3-4-15(14(18)9-12)20-5-7-25-8-6-20/h3-4,9,13H,2,5-8,10-11H2,1H3,(H,19,24). The third-order valence-electron chi connectivity index (χ3n) is 4.32. The third-order valence-corrected chi connectivity index (χ3v) is 5.69. The van der Waals surface area contributed by atoms with E-state index in [2.05, 4.69) is 10.2 Å². The Hall–Kier alpha value is -1.54. The largest absolute Gasteiger partial charge is 0.442 e. The smallest absolute Gasteiger partial charge is 0.414 e. The fraction of sp³-hybridized carbons (Fsp3) is 0.529. The number of benzene rings is 1. The molecule has 1 unspecified atom stereocenters. The number of nitrogens with one attached hydrogen (secondary N) is 1. The van der Waals surface area contributed by atoms with Gasteiger partial charge in [0.05, 0.1) is 29.5 Å². The molecule has 1 aromatic carbocycles. The van der Waals surface area contributed by atoms with Crippen molar-refractivity contribution in [2.24, 2.45) is 0 Å². The number of halogens is 1. The molecule has 2 aliphatic heterocycles. The second-order valence-electron chi connectivity index (χ2n) is 6.01. The van der Waals surface area contributed by atoms with Gasteiger partial charge in [-0.15, -0.1) is 0 Å². The minimum Gasteiger partial charge on any atom is -0.442 e. The number of rotatable bonds is 5. The van der Waals surface area contributed by atoms with Gasteiger partial charge in [0.2, 0.25) is 0 Å². The molecule has 2 fully saturated rings. The number of thioether (sulfide) groups is 1. The molecular weight excluding hydrogens is 361 g/mol. The monoisotopic (exact) mass is 383 g/mol. The van der Waals surface area contributed by atoms with Gasteiger partial charge in [-0.1, -0.05) is 19.1 Å². The van der Waals surface area contributed by atoms with Gasteiger partial charge in [-0.25, -0.2) is 9.18 Å². The van der Waals surface area contributed by atoms with Crippen molar-refractivity contribution in [3.63, 3.8) is 0 Å². The number of hydrogen-bond acceptors (Lipinski definition) is 5. The van der Waals surface area contributed by atoms with Crippen molar-refractivity contribution in [2.75, 3.05) is 47.5 Å². The highest BCUT2D eigenvalue weighted by molar-refractivity contribution is 7.99. The van der Waals surface area contributed by atoms with E-state index in [1.165, 1.54) is 11.0 Å². The molecule has 1 amide bonds. The topological polar surface area (TPSA) is 44.8 Å². The number of thiocarbonyl (C=S) groups is 1. The van der Waals surface area contributed by atoms with Crippen molar-refractivity contribution >= 4 is 46.4 Å². The highest BCUT2D eigenvalue weighted by Crippen LogP contribution is 2.29. The van der Waals surface area contributed by atoms with E-state index < -0.39 is 6.09 Å². The normalized spacial score (nSPS) is 20.6. The minimum atomic E-state index is -0.448. The van der Waals surface area contributed by atoms with Crippen LogP contribution in [-0.4, -0.2) is 54.9 Å². The molecule has 1 N–H and O–H groups in total. The molecular formula is C17H22FN3O2S2. The number of ether oxygens (including phenoxy) is 1. The first-order valence-corrected chi connectivity index (χ1v) is 10.0. The zero-order valence-corrected chi connectivity index (χ0v) is 15.8. The SMILES string of the molecule is CCC(=S)NCC1CN(c2ccc(N3CCSCC3)c(F)c2)C(=O)O1. The fourth-order valence-electron chi connectivity index (χ4n) is 2.92. The lowest BCUT2D eigenvalue weighted by atomic mass is 10.2. The summed E-state index contributed by atoms with van der Waals surface area (Å²) in [5, 5.41) is 3.08. The van der Waals surface area contributed by atoms with Gasteiger partial charge >= 0.3 is 6.09 Å². The second kappa shape index (κ2) is 8.23. The van der Waals surface area contributed by atoms with Gasteiger partial charge in [0.15, 0.2) is 0 Å². The van der Waals surface area contributed by atoms with Gasteiger partial charge in [0, 0.05) is 24.6 Å². The molecule has 0 aliphatic carbocycles. The van der Waals surface area contributed by atoms with Gasteiger partial charge in [-0.3, -0.25) is 4.90 Å². The zero-order valence-electron chi connectivity index (χ0n) is 14.2. The Morgan fingerprint density at radius 1 is 1.44 bits per heavy atom. The lowest BCUT2D eigenvalue weighted by Gasteiger charge is -2.29. The van der Waals surface area contributed by atoms with Crippen LogP contribution in [-0.2, 0) is 4.74 Å². The van der Waals surface area contributed by atoms with Gasteiger partial charge < -0.3 is 15.0 Å². The summed E-state index contributed by atoms with van der Waals surface area (Å²) >= 11 is 7.00. The van der Waals surface area contributed by atoms with Crippen molar-refractivity contribution in [2.45, 2.75) is 19.4 Å². The Bertz CT molecular complexity index is 653. The molecule has 8 heteroatoms. The Morgan fingerprint density at radius 3 is 2.88 bits per heavy atom. The molecule has 2 aliphatic rings. The number of carbonyl (C=O) groups is 1. The summed E-state index contributed by atoms with van der Waals surface area (Å²) in [6.07, 6.45) is 0.0103. The molecule has 1 atom stereocenters. The quantitative estimate of drug-likeness (QED) is 0.789. The molecule has 1 aromatic rings. The lowest BCUT2D eigenvalue weighted by Crippen LogP contribution is -2.34. The van der Waals surface area contributed by atoms with Crippen LogP contribution < -0.4 is 15.1 Å². The molecule has 0 bridgehead atoms. The predicted molar refractivity (Wildman–Crippen MR) is 104 cm³/mol. The first-order chi connectivity index (χ1) is 12.1. The maximum Gasteiger partial charge on any atom is 0.414 e. The summed E-state index contributed by atoms with van der Waals surface area (Å²) < 4.78 is 19.9. The molecule has 3 rings (SSSR count). The van der Waals surface area contributed by atoms with Crippen LogP contribution in [0.2, 0.25) is 0 Å². The summed E-state index contributed by atoms with van der Waals surface area (Å²) in [6, 6.07) is 4.96. The van der Waals surface area contributed by atoms with E-state index in [4.69, 9.17) is 17.0 Å². The van der Waals surface area contributed by atoms with Crippen LogP contribution in [0.3, 0.4) is 0 Å². The average Bonchev–Trinajstić information content (AvgIpc) is 3.01. The van der Waals surface area contributed by atoms with Crippen molar-refractivity contribution in [3.05, 3.63) is 24.0 Å². The zero-order chi connectivity index (χ0) is 17.8. The van der Waals surface area contributed by atoms with Crippen LogP contribution >= 0.6 is 24.0 Å². The van der Waals surface area contributed by atoms with Crippen molar-refractivity contribution < 1.29 is 13.9 Å². The molecule has 2 saturated heterocycles. The van der Waals surface area contributed by atoms with Gasteiger partial charge in [-0.05, 0) is 24.6 Å². The van der Waals surface area contributed by atoms with Crippen molar-refractivity contribution in [3.8, 4) is 0 Å². The summed E-state index contributed by atoms with van der Waals surface area (Å²) in [5.74, 6) is 1.72. The highest BCUT2D eigenvalue weighted by atomic mass is 32.2. The number of cyclic esters (lactones) is 1. The average molecular weight is 384 g/mol. The van der Waals surface area contributed by atoms with Crippen LogP contribution in [0.15, 0.2) is 18.2 Å². The molecule has 0 spiro atoms. The first-order valence-electron chi connectivity index (χ1n) is 8.45. The summed E-state index contributed by atoms with van der Waals surface area (Å²) in [6.45, 7) is 4.52. The summed E-state index contributed by atoms with van der Waals surface area (Å²) in [7, 11) is 0. The van der Waals surface area contributed by atoms with E-state index in [1.54, 1.807) is 12.1 Å². The summed E-state index contributed by atoms with van der Waals surface area (Å²) in [4.78, 5) is 16.4. The van der Waals surface area contributed by atoms with Crippen LogP contribution in [0.4, 0.5) is 20.6 Å². The number of carbonyl (C=O) groups excluding carboxylic acids is 1. The van der Waals surface area contributed by atoms with Gasteiger partial charge in [-0.2, -0.15) is 11.8 Å². The predicted octanol–water partition coefficient (Wildman–Crippen LogP) is 3.03. The van der Waals surface area contributed by atoms with E-state index in [0.29, 0.717) is 24.5 Å². The van der Waals surface area contributed by atoms with Crippen LogP contribution in [0.25, 0.3) is 0 Å². The molecule has 2 heterocycles. The Balaban J connectivity index is 1.66. The maximum absolute atomic E-state index is 14.6. The molecule has 136 valence electrons. The number of hydrogen-bond donors (Lipinski definition) is 1. The first kappa shape index (κ1) is 18.3. The third kappa shape index (κ3) is 4.36. The van der Waals surface area contributed by atoms with Crippen LogP contribution in [0.1, 0.15) is 13.3 Å². The van der Waals surface area contributed by atoms with Crippen LogP contribution in [0, 0.1) is 5.82 Å². The Labute approximate surface area is 156 Å². The lowest BCUT2D eigenvalue weighted by molar-refractivity contribution is 0.143. The number of anilines is 2. The van der Waals surface area contributed by atoms with Gasteiger partial charge in [0.25, 0.3) is 0 Å². The summed E-state index contributed by atoms with van der Waals surface area (Å²) in [5.41, 5.74) is 1.13. The van der Waals surface area contributed by atoms with Crippen molar-refractivity contribution in [1.82, 2.24) is 5.32 Å². The maximum atomic E-state index is 14.6. The molecule has 5 nitrogen and oxygen atoms in total. The van der Waals surface area contributed by atoms with E-state index >= 15 is 0 Å². The highest BCUT2D eigenvalue weighted by Gasteiger charge is 2.32. The van der Waals surface area contributed by atoms with Crippen molar-refractivity contribution in [1.29, 1.82) is 0 Å². The fourth-order valence-corrected chi connectivity index (χ4v) is 3.90. The van der Waals surface area contributed by atoms with Crippen LogP contribution in [0.5, 0.6) is 0 Å². The molecule has 0 radical (unpaired) electrons. The molecule has 0 aromatic heterocycles. The van der Waals surface area contributed by atoms with E-state index in [-0.39, 0.29) is 11.9 Å². The minimum absolute atomic E-state index is 0.293. The Kier molecular flexibility index (Phi) is 6.01. The molecule has 25 heavy (non-hydrogen) atoms. The van der Waals surface area contributed by atoms with E-state index in [1.807, 2.05) is 18.7 Å². The van der Waals surface area contributed by atoms with Gasteiger partial charge in [0.1, 0.15) is 11.9 Å². The number of nitrogens with zero attached hydrogens (tertiary/aromatic N) is 2.